The van der Waals surface area contributed by atoms with E-state index in [0.29, 0.717) is 24.3 Å². The molecule has 0 radical (unpaired) electrons. The van der Waals surface area contributed by atoms with Crippen molar-refractivity contribution in [3.63, 3.8) is 0 Å². The van der Waals surface area contributed by atoms with E-state index >= 15 is 4.39 Å². The zero-order valence-electron chi connectivity index (χ0n) is 28.4. The van der Waals surface area contributed by atoms with Crippen molar-refractivity contribution in [1.29, 1.82) is 0 Å². The minimum absolute atomic E-state index is 0. The molecule has 1 aromatic carbocycles. The van der Waals surface area contributed by atoms with Gasteiger partial charge in [0.1, 0.15) is 11.6 Å². The SMILES string of the molecule is COC(=O)N[C@H]1CCC[C@@H]1[C@](Cn1ccnc1C)(c1cccc(F)c1)C1CCN(CC2CN(CC3CCN(S(C)(O)O)CC3)C2)CC1.[HH]. The summed E-state index contributed by atoms with van der Waals surface area (Å²) in [6.45, 7) is 10.8. The van der Waals surface area contributed by atoms with Crippen LogP contribution in [0.2, 0.25) is 0 Å². The largest absolute Gasteiger partial charge is 0.453 e. The molecule has 0 bridgehead atoms. The number of nitrogens with zero attached hydrogens (tertiary/aromatic N) is 5. The summed E-state index contributed by atoms with van der Waals surface area (Å²) in [7, 11) is -1.17. The van der Waals surface area contributed by atoms with Crippen LogP contribution < -0.4 is 5.32 Å². The molecule has 4 heterocycles. The van der Waals surface area contributed by atoms with Crippen LogP contribution in [0.25, 0.3) is 0 Å². The third-order valence-electron chi connectivity index (χ3n) is 11.8. The predicted octanol–water partition coefficient (Wildman–Crippen LogP) is 5.69. The van der Waals surface area contributed by atoms with Gasteiger partial charge < -0.3 is 24.4 Å². The Labute approximate surface area is 283 Å². The lowest BCUT2D eigenvalue weighted by Gasteiger charge is -2.51. The highest BCUT2D eigenvalue weighted by molar-refractivity contribution is 8.21. The molecule has 1 aromatic heterocycles. The van der Waals surface area contributed by atoms with Gasteiger partial charge in [0.05, 0.1) is 7.11 Å². The maximum atomic E-state index is 15.0. The number of aryl methyl sites for hydroxylation is 1. The first-order valence-electron chi connectivity index (χ1n) is 17.6. The fourth-order valence-electron chi connectivity index (χ4n) is 9.42. The number of amides is 1. The number of methoxy groups -OCH3 is 1. The van der Waals surface area contributed by atoms with Gasteiger partial charge in [0.25, 0.3) is 0 Å². The van der Waals surface area contributed by atoms with Gasteiger partial charge in [0.2, 0.25) is 0 Å². The van der Waals surface area contributed by atoms with Gasteiger partial charge in [-0.15, -0.1) is 10.8 Å². The van der Waals surface area contributed by atoms with Crippen LogP contribution in [0, 0.1) is 36.4 Å². The molecule has 2 aromatic rings. The highest BCUT2D eigenvalue weighted by Crippen LogP contribution is 2.52. The van der Waals surface area contributed by atoms with E-state index in [2.05, 4.69) is 30.7 Å². The van der Waals surface area contributed by atoms with Crippen molar-refractivity contribution in [1.82, 2.24) is 29.0 Å². The van der Waals surface area contributed by atoms with Gasteiger partial charge in [-0.25, -0.2) is 18.5 Å². The summed E-state index contributed by atoms with van der Waals surface area (Å²) in [4.78, 5) is 22.3. The third-order valence-corrected chi connectivity index (χ3v) is 13.2. The molecule has 1 amide bonds. The number of carbonyl (C=O) groups is 1. The quantitative estimate of drug-likeness (QED) is 0.279. The molecule has 0 unspecified atom stereocenters. The maximum Gasteiger partial charge on any atom is 0.407 e. The summed E-state index contributed by atoms with van der Waals surface area (Å²) >= 11 is 0. The maximum absolute atomic E-state index is 15.0. The monoisotopic (exact) mass is 676 g/mol. The standard InChI is InChI=1S/C35H55FN6O4S.H2/c1-26-37-14-19-41(26)25-35(30-6-4-7-31(36)20-30,32-8-5-9-33(32)38-34(43)46-2)29-12-15-39(16-13-29)22-28-23-40(24-28)21-27-10-17-42(18-11-27)47(3,44)45;/h4,6-7,14,19-20,27-29,32-33,44-45H,5,8-13,15-18,21-25H2,1-3H3,(H,38,43);1H/t32-,33-,35-;/m0./s1. The number of nitrogens with one attached hydrogen (secondary N) is 1. The van der Waals surface area contributed by atoms with Gasteiger partial charge in [0, 0.05) is 77.3 Å². The molecule has 4 fully saturated rings. The van der Waals surface area contributed by atoms with Crippen LogP contribution >= 0.6 is 10.8 Å². The van der Waals surface area contributed by atoms with E-state index in [4.69, 9.17) is 4.74 Å². The lowest BCUT2D eigenvalue weighted by Crippen LogP contribution is -2.57. The van der Waals surface area contributed by atoms with Crippen LogP contribution in [0.4, 0.5) is 9.18 Å². The lowest BCUT2D eigenvalue weighted by molar-refractivity contribution is 0.0205. The van der Waals surface area contributed by atoms with Crippen molar-refractivity contribution in [2.75, 3.05) is 65.7 Å². The summed E-state index contributed by atoms with van der Waals surface area (Å²) in [6, 6.07) is 7.18. The minimum Gasteiger partial charge on any atom is -0.453 e. The summed E-state index contributed by atoms with van der Waals surface area (Å²) in [5.41, 5.74) is 0.646. The number of piperidine rings is 2. The number of hydrogen-bond acceptors (Lipinski definition) is 8. The molecular weight excluding hydrogens is 619 g/mol. The summed E-state index contributed by atoms with van der Waals surface area (Å²) in [5.74, 6) is 2.49. The molecule has 1 aliphatic carbocycles. The first-order chi connectivity index (χ1) is 22.5. The first-order valence-corrected chi connectivity index (χ1v) is 19.5. The number of carbonyl (C=O) groups excluding carboxylic acids is 1. The number of hydrogen-bond donors (Lipinski definition) is 3. The van der Waals surface area contributed by atoms with E-state index in [9.17, 15) is 13.9 Å². The topological polar surface area (TPSA) is 106 Å². The molecule has 47 heavy (non-hydrogen) atoms. The van der Waals surface area contributed by atoms with Crippen molar-refractivity contribution in [2.45, 2.75) is 69.9 Å². The molecule has 3 aliphatic heterocycles. The molecule has 3 saturated heterocycles. The molecular formula is C35H57FN6O4S. The Bertz CT molecular complexity index is 1340. The Balaban J connectivity index is 0.00000451. The van der Waals surface area contributed by atoms with E-state index < -0.39 is 16.9 Å². The summed E-state index contributed by atoms with van der Waals surface area (Å²) in [5, 5.41) is 3.18. The molecule has 0 spiro atoms. The molecule has 264 valence electrons. The molecule has 6 rings (SSSR count). The Kier molecular flexibility index (Phi) is 10.8. The molecule has 10 nitrogen and oxygen atoms in total. The van der Waals surface area contributed by atoms with E-state index in [1.165, 1.54) is 19.4 Å². The second kappa shape index (κ2) is 14.7. The molecule has 3 N–H and O–H groups in total. The fourth-order valence-corrected chi connectivity index (χ4v) is 10.3. The molecule has 1 saturated carbocycles. The number of alkyl carbamates (subject to hydrolysis) is 1. The number of likely N-dealkylation sites (tertiary alicyclic amines) is 2. The summed E-state index contributed by atoms with van der Waals surface area (Å²) < 4.78 is 44.1. The van der Waals surface area contributed by atoms with Crippen molar-refractivity contribution >= 4 is 16.9 Å². The number of rotatable bonds is 11. The third kappa shape index (κ3) is 7.83. The Morgan fingerprint density at radius 1 is 1.06 bits per heavy atom. The van der Waals surface area contributed by atoms with Crippen molar-refractivity contribution in [3.8, 4) is 0 Å². The second-order valence-corrected chi connectivity index (χ2v) is 16.9. The average Bonchev–Trinajstić information content (AvgIpc) is 3.67. The van der Waals surface area contributed by atoms with E-state index in [1.54, 1.807) is 6.07 Å². The van der Waals surface area contributed by atoms with Gasteiger partial charge in [-0.1, -0.05) is 18.6 Å². The van der Waals surface area contributed by atoms with Crippen molar-refractivity contribution < 1.29 is 24.5 Å². The van der Waals surface area contributed by atoms with Gasteiger partial charge in [-0.2, -0.15) is 0 Å². The zero-order valence-corrected chi connectivity index (χ0v) is 29.2. The minimum atomic E-state index is -2.58. The Hall–Kier alpha value is -2.22. The van der Waals surface area contributed by atoms with Crippen molar-refractivity contribution in [2.24, 2.45) is 23.7 Å². The van der Waals surface area contributed by atoms with Gasteiger partial charge in [0.15, 0.2) is 0 Å². The second-order valence-electron chi connectivity index (χ2n) is 14.8. The van der Waals surface area contributed by atoms with Gasteiger partial charge in [-0.05, 0) is 99.9 Å². The molecule has 12 heteroatoms. The lowest BCUT2D eigenvalue weighted by atomic mass is 9.58. The van der Waals surface area contributed by atoms with E-state index in [0.717, 1.165) is 109 Å². The highest BCUT2D eigenvalue weighted by Gasteiger charge is 2.52. The summed E-state index contributed by atoms with van der Waals surface area (Å²) in [6.07, 6.45) is 12.0. The van der Waals surface area contributed by atoms with Gasteiger partial charge in [-0.3, -0.25) is 9.11 Å². The van der Waals surface area contributed by atoms with Gasteiger partial charge >= 0.3 is 6.09 Å². The number of benzene rings is 1. The van der Waals surface area contributed by atoms with Crippen LogP contribution in [0.1, 0.15) is 57.8 Å². The zero-order chi connectivity index (χ0) is 33.2. The number of imidazole rings is 1. The highest BCUT2D eigenvalue weighted by atomic mass is 32.3. The van der Waals surface area contributed by atoms with Crippen LogP contribution in [-0.4, -0.2) is 111 Å². The first kappa shape index (κ1) is 34.6. The van der Waals surface area contributed by atoms with Crippen LogP contribution in [0.15, 0.2) is 36.7 Å². The smallest absolute Gasteiger partial charge is 0.407 e. The van der Waals surface area contributed by atoms with Crippen LogP contribution in [0.5, 0.6) is 0 Å². The van der Waals surface area contributed by atoms with E-state index in [1.807, 2.05) is 29.7 Å². The van der Waals surface area contributed by atoms with E-state index in [-0.39, 0.29) is 24.6 Å². The Morgan fingerprint density at radius 3 is 2.43 bits per heavy atom. The number of halogens is 1. The molecule has 4 aliphatic rings. The number of aromatic nitrogens is 2. The van der Waals surface area contributed by atoms with Crippen LogP contribution in [-0.2, 0) is 16.7 Å². The van der Waals surface area contributed by atoms with Crippen LogP contribution in [0.3, 0.4) is 0 Å². The average molecular weight is 677 g/mol. The molecule has 3 atom stereocenters. The fraction of sp³-hybridized carbons (Fsp3) is 0.714. The number of ether oxygens (including phenoxy) is 1. The van der Waals surface area contributed by atoms with Crippen molar-refractivity contribution in [3.05, 3.63) is 53.9 Å². The Morgan fingerprint density at radius 2 is 1.79 bits per heavy atom. The normalized spacial score (nSPS) is 26.2. The predicted molar refractivity (Wildman–Crippen MR) is 186 cm³/mol.